The number of nitrogens with one attached hydrogen (secondary N) is 1. The van der Waals surface area contributed by atoms with E-state index >= 15 is 0 Å². The van der Waals surface area contributed by atoms with Crippen LogP contribution in [0, 0.1) is 0 Å². The molecule has 0 amide bonds. The third kappa shape index (κ3) is 13.0. The zero-order chi connectivity index (χ0) is 15.7. The Hall–Kier alpha value is -0.0231. The van der Waals surface area contributed by atoms with Crippen molar-refractivity contribution in [3.05, 3.63) is 0 Å². The van der Waals surface area contributed by atoms with Gasteiger partial charge in [-0.3, -0.25) is 0 Å². The molecule has 7 heteroatoms. The Bertz CT molecular complexity index is 153. The van der Waals surface area contributed by atoms with Crippen LogP contribution in [0.4, 0.5) is 0 Å². The van der Waals surface area contributed by atoms with Crippen LogP contribution in [-0.4, -0.2) is 65.1 Å². The maximum atomic E-state index is 8.15. The Morgan fingerprint density at radius 2 is 1.20 bits per heavy atom. The van der Waals surface area contributed by atoms with Crippen LogP contribution in [0.2, 0.25) is 6.04 Å². The lowest BCUT2D eigenvalue weighted by Crippen LogP contribution is -2.45. The Balaban J connectivity index is 0. The minimum atomic E-state index is -2.30. The summed E-state index contributed by atoms with van der Waals surface area (Å²) in [4.78, 5) is 0. The van der Waals surface area contributed by atoms with Crippen LogP contribution in [0.25, 0.3) is 0 Å². The zero-order valence-electron chi connectivity index (χ0n) is 13.5. The van der Waals surface area contributed by atoms with E-state index < -0.39 is 8.80 Å². The van der Waals surface area contributed by atoms with Crippen molar-refractivity contribution < 1.29 is 23.5 Å². The van der Waals surface area contributed by atoms with Gasteiger partial charge in [-0.1, -0.05) is 13.3 Å². The lowest BCUT2D eigenvalue weighted by Gasteiger charge is -2.27. The van der Waals surface area contributed by atoms with E-state index in [1.54, 1.807) is 0 Å². The summed E-state index contributed by atoms with van der Waals surface area (Å²) in [7, 11) is -2.30. The molecule has 0 aliphatic heterocycles. The molecular formula is C13H33NO5Si. The van der Waals surface area contributed by atoms with Gasteiger partial charge in [-0.2, -0.15) is 0 Å². The molecular weight excluding hydrogens is 278 g/mol. The molecule has 0 aliphatic rings. The van der Waals surface area contributed by atoms with Crippen molar-refractivity contribution in [2.75, 3.05) is 46.1 Å². The van der Waals surface area contributed by atoms with E-state index in [-0.39, 0.29) is 13.2 Å². The van der Waals surface area contributed by atoms with Gasteiger partial charge in [-0.05, 0) is 20.8 Å². The van der Waals surface area contributed by atoms with Crippen LogP contribution >= 0.6 is 0 Å². The van der Waals surface area contributed by atoms with Crippen LogP contribution in [0.1, 0.15) is 34.1 Å². The quantitative estimate of drug-likeness (QED) is 0.369. The maximum Gasteiger partial charge on any atom is 0.500 e. The first-order chi connectivity index (χ1) is 9.66. The summed E-state index contributed by atoms with van der Waals surface area (Å²) in [5, 5.41) is 19.1. The van der Waals surface area contributed by atoms with Crippen LogP contribution in [0.15, 0.2) is 0 Å². The third-order valence-corrected chi connectivity index (χ3v) is 5.52. The SMILES string of the molecule is CCC[Si](OCC)(OCC)OCC.OCCNCCO. The second-order valence-corrected chi connectivity index (χ2v) is 6.66. The van der Waals surface area contributed by atoms with Gasteiger partial charge in [0.05, 0.1) is 13.2 Å². The Labute approximate surface area is 124 Å². The molecule has 0 saturated heterocycles. The van der Waals surface area contributed by atoms with Crippen LogP contribution < -0.4 is 5.32 Å². The molecule has 0 fully saturated rings. The van der Waals surface area contributed by atoms with Gasteiger partial charge in [0, 0.05) is 39.0 Å². The molecule has 0 atom stereocenters. The molecule has 0 rings (SSSR count). The number of aliphatic hydroxyl groups excluding tert-OH is 2. The number of rotatable bonds is 12. The molecule has 0 aromatic rings. The largest absolute Gasteiger partial charge is 0.500 e. The van der Waals surface area contributed by atoms with Crippen molar-refractivity contribution in [2.24, 2.45) is 0 Å². The topological polar surface area (TPSA) is 80.2 Å². The minimum Gasteiger partial charge on any atom is -0.395 e. The second-order valence-electron chi connectivity index (χ2n) is 3.93. The Kier molecular flexibility index (Phi) is 19.0. The molecule has 3 N–H and O–H groups in total. The van der Waals surface area contributed by atoms with Crippen molar-refractivity contribution in [3.63, 3.8) is 0 Å². The average molecular weight is 311 g/mol. The predicted molar refractivity (Wildman–Crippen MR) is 82.8 cm³/mol. The van der Waals surface area contributed by atoms with Crippen molar-refractivity contribution in [1.29, 1.82) is 0 Å². The fourth-order valence-electron chi connectivity index (χ4n) is 1.59. The van der Waals surface area contributed by atoms with Crippen molar-refractivity contribution in [2.45, 2.75) is 40.2 Å². The van der Waals surface area contributed by atoms with Crippen molar-refractivity contribution >= 4 is 8.80 Å². The molecule has 0 radical (unpaired) electrons. The summed E-state index contributed by atoms with van der Waals surface area (Å²) < 4.78 is 16.9. The summed E-state index contributed by atoms with van der Waals surface area (Å²) in [6.07, 6.45) is 1.05. The highest BCUT2D eigenvalue weighted by molar-refractivity contribution is 6.60. The zero-order valence-corrected chi connectivity index (χ0v) is 14.5. The molecule has 0 heterocycles. The van der Waals surface area contributed by atoms with Gasteiger partial charge in [-0.15, -0.1) is 0 Å². The number of hydrogen-bond donors (Lipinski definition) is 3. The van der Waals surface area contributed by atoms with Crippen LogP contribution in [0.3, 0.4) is 0 Å². The molecule has 0 aliphatic carbocycles. The van der Waals surface area contributed by atoms with E-state index in [0.29, 0.717) is 32.9 Å². The molecule has 0 saturated carbocycles. The van der Waals surface area contributed by atoms with Crippen LogP contribution in [0.5, 0.6) is 0 Å². The summed E-state index contributed by atoms with van der Waals surface area (Å²) in [5.74, 6) is 0. The normalized spacial score (nSPS) is 11.1. The van der Waals surface area contributed by atoms with Crippen LogP contribution in [-0.2, 0) is 13.3 Å². The lowest BCUT2D eigenvalue weighted by atomic mass is 10.6. The van der Waals surface area contributed by atoms with Gasteiger partial charge >= 0.3 is 8.80 Å². The molecule has 0 aromatic heterocycles. The molecule has 0 aromatic carbocycles. The first-order valence-electron chi connectivity index (χ1n) is 7.50. The minimum absolute atomic E-state index is 0.139. The summed E-state index contributed by atoms with van der Waals surface area (Å²) >= 11 is 0. The van der Waals surface area contributed by atoms with E-state index in [2.05, 4.69) is 12.2 Å². The maximum absolute atomic E-state index is 8.15. The average Bonchev–Trinajstić information content (AvgIpc) is 2.41. The summed E-state index contributed by atoms with van der Waals surface area (Å²) in [6.45, 7) is 11.5. The third-order valence-electron chi connectivity index (χ3n) is 2.23. The highest BCUT2D eigenvalue weighted by atomic mass is 28.4. The molecule has 0 spiro atoms. The van der Waals surface area contributed by atoms with Gasteiger partial charge in [-0.25, -0.2) is 0 Å². The van der Waals surface area contributed by atoms with Gasteiger partial charge < -0.3 is 28.8 Å². The highest BCUT2D eigenvalue weighted by Gasteiger charge is 2.38. The first-order valence-corrected chi connectivity index (χ1v) is 9.43. The van der Waals surface area contributed by atoms with Gasteiger partial charge in [0.2, 0.25) is 0 Å². The fraction of sp³-hybridized carbons (Fsp3) is 1.00. The van der Waals surface area contributed by atoms with E-state index in [1.165, 1.54) is 0 Å². The van der Waals surface area contributed by atoms with E-state index in [9.17, 15) is 0 Å². The second kappa shape index (κ2) is 17.0. The lowest BCUT2D eigenvalue weighted by molar-refractivity contribution is 0.0712. The summed E-state index contributed by atoms with van der Waals surface area (Å²) in [5.41, 5.74) is 0. The van der Waals surface area contributed by atoms with Gasteiger partial charge in [0.15, 0.2) is 0 Å². The predicted octanol–water partition coefficient (Wildman–Crippen LogP) is 1.01. The summed E-state index contributed by atoms with van der Waals surface area (Å²) in [6, 6.07) is 0.919. The standard InChI is InChI=1S/C9H22O3Si.C4H11NO2/c1-5-9-13(10-6-2,11-7-3)12-8-4;6-3-1-5-2-4-7/h5-9H2,1-4H3;5-7H,1-4H2. The molecule has 0 bridgehead atoms. The molecule has 124 valence electrons. The number of aliphatic hydroxyl groups is 2. The van der Waals surface area contributed by atoms with E-state index in [0.717, 1.165) is 12.5 Å². The van der Waals surface area contributed by atoms with Crippen molar-refractivity contribution in [1.82, 2.24) is 5.32 Å². The monoisotopic (exact) mass is 311 g/mol. The molecule has 0 unspecified atom stereocenters. The molecule has 6 nitrogen and oxygen atoms in total. The fourth-order valence-corrected chi connectivity index (χ4v) is 4.21. The van der Waals surface area contributed by atoms with E-state index in [4.69, 9.17) is 23.5 Å². The van der Waals surface area contributed by atoms with Gasteiger partial charge in [0.1, 0.15) is 0 Å². The van der Waals surface area contributed by atoms with E-state index in [1.807, 2.05) is 20.8 Å². The Morgan fingerprint density at radius 3 is 1.45 bits per heavy atom. The highest BCUT2D eigenvalue weighted by Crippen LogP contribution is 2.17. The Morgan fingerprint density at radius 1 is 0.800 bits per heavy atom. The first kappa shape index (κ1) is 22.3. The smallest absolute Gasteiger partial charge is 0.395 e. The number of hydrogen-bond acceptors (Lipinski definition) is 6. The molecule has 20 heavy (non-hydrogen) atoms. The van der Waals surface area contributed by atoms with Crippen molar-refractivity contribution in [3.8, 4) is 0 Å². The van der Waals surface area contributed by atoms with Gasteiger partial charge in [0.25, 0.3) is 0 Å².